The summed E-state index contributed by atoms with van der Waals surface area (Å²) in [6.07, 6.45) is 8.59. The van der Waals surface area contributed by atoms with Gasteiger partial charge < -0.3 is 5.32 Å². The van der Waals surface area contributed by atoms with Crippen molar-refractivity contribution in [2.75, 3.05) is 0 Å². The van der Waals surface area contributed by atoms with Crippen molar-refractivity contribution in [3.63, 3.8) is 0 Å². The van der Waals surface area contributed by atoms with Crippen molar-refractivity contribution in [2.24, 2.45) is 0 Å². The van der Waals surface area contributed by atoms with Crippen LogP contribution in [0.2, 0.25) is 0 Å². The predicted octanol–water partition coefficient (Wildman–Crippen LogP) is 1.10. The molecule has 0 spiro atoms. The van der Waals surface area contributed by atoms with Crippen LogP contribution < -0.4 is 10.6 Å². The van der Waals surface area contributed by atoms with Crippen molar-refractivity contribution in [2.45, 2.75) is 63.5 Å². The molecule has 1 atom stereocenters. The van der Waals surface area contributed by atoms with E-state index in [1.165, 1.54) is 25.7 Å². The van der Waals surface area contributed by atoms with Crippen LogP contribution in [0.3, 0.4) is 0 Å². The van der Waals surface area contributed by atoms with E-state index in [0.29, 0.717) is 18.9 Å². The highest BCUT2D eigenvalue weighted by Crippen LogP contribution is 2.18. The Balaban J connectivity index is 1.83. The van der Waals surface area contributed by atoms with Crippen molar-refractivity contribution < 1.29 is 9.59 Å². The number of amides is 2. The van der Waals surface area contributed by atoms with Crippen molar-refractivity contribution in [3.05, 3.63) is 0 Å². The lowest BCUT2D eigenvalue weighted by Crippen LogP contribution is -2.53. The molecular weight excluding hydrogens is 204 g/mol. The molecule has 1 aliphatic heterocycles. The molecule has 0 radical (unpaired) electrons. The highest BCUT2D eigenvalue weighted by atomic mass is 16.2. The highest BCUT2D eigenvalue weighted by Gasteiger charge is 2.28. The van der Waals surface area contributed by atoms with Crippen LogP contribution in [0.4, 0.5) is 0 Å². The van der Waals surface area contributed by atoms with Gasteiger partial charge in [-0.2, -0.15) is 0 Å². The molecule has 0 aromatic heterocycles. The maximum atomic E-state index is 11.6. The van der Waals surface area contributed by atoms with Gasteiger partial charge in [0.25, 0.3) is 0 Å². The lowest BCUT2D eigenvalue weighted by atomic mass is 10.0. The standard InChI is InChI=1S/C12H20N2O2/c15-11-8-7-10(12(16)14-11)13-9-5-3-1-2-4-6-9/h9-10,13H,1-8H2,(H,14,15,16). The van der Waals surface area contributed by atoms with Crippen molar-refractivity contribution in [1.82, 2.24) is 10.6 Å². The summed E-state index contributed by atoms with van der Waals surface area (Å²) in [7, 11) is 0. The van der Waals surface area contributed by atoms with Gasteiger partial charge in [-0.25, -0.2) is 0 Å². The number of carbonyl (C=O) groups is 2. The van der Waals surface area contributed by atoms with Gasteiger partial charge in [-0.05, 0) is 19.3 Å². The third-order valence-corrected chi connectivity index (χ3v) is 3.53. The van der Waals surface area contributed by atoms with E-state index in [0.717, 1.165) is 12.8 Å². The van der Waals surface area contributed by atoms with E-state index in [4.69, 9.17) is 0 Å². The second kappa shape index (κ2) is 5.43. The average molecular weight is 224 g/mol. The summed E-state index contributed by atoms with van der Waals surface area (Å²) in [5.74, 6) is -0.274. The molecule has 90 valence electrons. The Kier molecular flexibility index (Phi) is 3.93. The van der Waals surface area contributed by atoms with Crippen molar-refractivity contribution in [3.8, 4) is 0 Å². The minimum Gasteiger partial charge on any atom is -0.303 e. The SMILES string of the molecule is O=C1CCC(NC2CCCCCC2)C(=O)N1. The van der Waals surface area contributed by atoms with Gasteiger partial charge in [0.2, 0.25) is 11.8 Å². The summed E-state index contributed by atoms with van der Waals surface area (Å²) in [6, 6.07) is 0.312. The van der Waals surface area contributed by atoms with E-state index >= 15 is 0 Å². The molecule has 2 aliphatic rings. The van der Waals surface area contributed by atoms with Gasteiger partial charge in [-0.1, -0.05) is 25.7 Å². The lowest BCUT2D eigenvalue weighted by Gasteiger charge is -2.26. The molecule has 2 rings (SSSR count). The normalized spacial score (nSPS) is 28.6. The summed E-state index contributed by atoms with van der Waals surface area (Å²) in [4.78, 5) is 22.6. The Morgan fingerprint density at radius 3 is 2.31 bits per heavy atom. The van der Waals surface area contributed by atoms with E-state index in [2.05, 4.69) is 10.6 Å². The van der Waals surface area contributed by atoms with Gasteiger partial charge in [-0.15, -0.1) is 0 Å². The molecule has 1 heterocycles. The number of hydrogen-bond donors (Lipinski definition) is 2. The monoisotopic (exact) mass is 224 g/mol. The zero-order valence-corrected chi connectivity index (χ0v) is 9.63. The van der Waals surface area contributed by atoms with E-state index in [1.807, 2.05) is 0 Å². The average Bonchev–Trinajstić information content (AvgIpc) is 2.51. The van der Waals surface area contributed by atoms with Gasteiger partial charge in [0.05, 0.1) is 6.04 Å². The third-order valence-electron chi connectivity index (χ3n) is 3.53. The number of hydrogen-bond acceptors (Lipinski definition) is 3. The summed E-state index contributed by atoms with van der Waals surface area (Å²) >= 11 is 0. The molecule has 0 bridgehead atoms. The number of rotatable bonds is 2. The topological polar surface area (TPSA) is 58.2 Å². The number of imide groups is 1. The molecule has 0 aromatic carbocycles. The summed E-state index contributed by atoms with van der Waals surface area (Å²) in [6.45, 7) is 0. The fourth-order valence-corrected chi connectivity index (χ4v) is 2.58. The third kappa shape index (κ3) is 3.04. The van der Waals surface area contributed by atoms with E-state index < -0.39 is 0 Å². The largest absolute Gasteiger partial charge is 0.303 e. The summed E-state index contributed by atoms with van der Waals surface area (Å²) in [5, 5.41) is 5.80. The van der Waals surface area contributed by atoms with Gasteiger partial charge in [0, 0.05) is 12.5 Å². The van der Waals surface area contributed by atoms with Crippen LogP contribution in [0.15, 0.2) is 0 Å². The number of nitrogens with one attached hydrogen (secondary N) is 2. The Morgan fingerprint density at radius 2 is 1.69 bits per heavy atom. The lowest BCUT2D eigenvalue weighted by molar-refractivity contribution is -0.134. The van der Waals surface area contributed by atoms with Crippen LogP contribution in [-0.2, 0) is 9.59 Å². The zero-order chi connectivity index (χ0) is 11.4. The van der Waals surface area contributed by atoms with Gasteiger partial charge in [0.15, 0.2) is 0 Å². The maximum Gasteiger partial charge on any atom is 0.243 e. The van der Waals surface area contributed by atoms with Gasteiger partial charge in [-0.3, -0.25) is 14.9 Å². The van der Waals surface area contributed by atoms with Gasteiger partial charge in [0.1, 0.15) is 0 Å². The fourth-order valence-electron chi connectivity index (χ4n) is 2.58. The van der Waals surface area contributed by atoms with Crippen LogP contribution in [0, 0.1) is 0 Å². The first-order valence-electron chi connectivity index (χ1n) is 6.35. The molecule has 0 aromatic rings. The first kappa shape index (κ1) is 11.6. The quantitative estimate of drug-likeness (QED) is 0.545. The summed E-state index contributed by atoms with van der Waals surface area (Å²) < 4.78 is 0. The molecule has 4 nitrogen and oxygen atoms in total. The molecule has 2 fully saturated rings. The highest BCUT2D eigenvalue weighted by molar-refractivity contribution is 6.00. The van der Waals surface area contributed by atoms with Crippen LogP contribution in [0.5, 0.6) is 0 Å². The van der Waals surface area contributed by atoms with Crippen molar-refractivity contribution in [1.29, 1.82) is 0 Å². The van der Waals surface area contributed by atoms with E-state index in [-0.39, 0.29) is 17.9 Å². The first-order valence-corrected chi connectivity index (χ1v) is 6.35. The summed E-state index contributed by atoms with van der Waals surface area (Å²) in [5.41, 5.74) is 0. The van der Waals surface area contributed by atoms with E-state index in [1.54, 1.807) is 0 Å². The molecular formula is C12H20N2O2. The maximum absolute atomic E-state index is 11.6. The second-order valence-electron chi connectivity index (χ2n) is 4.86. The Morgan fingerprint density at radius 1 is 1.00 bits per heavy atom. The van der Waals surface area contributed by atoms with Crippen LogP contribution in [-0.4, -0.2) is 23.9 Å². The zero-order valence-electron chi connectivity index (χ0n) is 9.63. The van der Waals surface area contributed by atoms with E-state index in [9.17, 15) is 9.59 Å². The molecule has 1 saturated carbocycles. The molecule has 2 N–H and O–H groups in total. The molecule has 4 heteroatoms. The first-order chi connectivity index (χ1) is 7.75. The van der Waals surface area contributed by atoms with Gasteiger partial charge >= 0.3 is 0 Å². The fraction of sp³-hybridized carbons (Fsp3) is 0.833. The Bertz CT molecular complexity index is 270. The molecule has 2 amide bonds. The molecule has 1 saturated heterocycles. The number of carbonyl (C=O) groups excluding carboxylic acids is 2. The minimum absolute atomic E-state index is 0.135. The van der Waals surface area contributed by atoms with Crippen LogP contribution in [0.1, 0.15) is 51.4 Å². The Hall–Kier alpha value is -0.900. The number of piperidine rings is 1. The molecule has 1 aliphatic carbocycles. The van der Waals surface area contributed by atoms with Crippen LogP contribution >= 0.6 is 0 Å². The van der Waals surface area contributed by atoms with Crippen molar-refractivity contribution >= 4 is 11.8 Å². The molecule has 1 unspecified atom stereocenters. The predicted molar refractivity (Wildman–Crippen MR) is 60.8 cm³/mol. The second-order valence-corrected chi connectivity index (χ2v) is 4.86. The smallest absolute Gasteiger partial charge is 0.243 e. The van der Waals surface area contributed by atoms with Crippen LogP contribution in [0.25, 0.3) is 0 Å². The molecule has 16 heavy (non-hydrogen) atoms. The minimum atomic E-state index is -0.152. The Labute approximate surface area is 96.2 Å².